The Morgan fingerprint density at radius 1 is 1.33 bits per heavy atom. The number of hydrogen-bond acceptors (Lipinski definition) is 1. The summed E-state index contributed by atoms with van der Waals surface area (Å²) < 4.78 is 0. The van der Waals surface area contributed by atoms with Crippen LogP contribution in [0.1, 0.15) is 59.8 Å². The Bertz CT molecular complexity index is 217. The fourth-order valence-corrected chi connectivity index (χ4v) is 2.76. The molecule has 1 rings (SSSR count). The van der Waals surface area contributed by atoms with Crippen LogP contribution in [0.5, 0.6) is 0 Å². The SMILES string of the molecule is CC(=O)NC1CCCC(CC(C)(C)C)C1. The van der Waals surface area contributed by atoms with Crippen LogP contribution in [0.2, 0.25) is 0 Å². The lowest BCUT2D eigenvalue weighted by Gasteiger charge is -2.33. The summed E-state index contributed by atoms with van der Waals surface area (Å²) in [5.74, 6) is 0.923. The van der Waals surface area contributed by atoms with Gasteiger partial charge in [-0.25, -0.2) is 0 Å². The number of rotatable bonds is 2. The van der Waals surface area contributed by atoms with Gasteiger partial charge in [-0.15, -0.1) is 0 Å². The number of nitrogens with one attached hydrogen (secondary N) is 1. The molecule has 1 saturated carbocycles. The van der Waals surface area contributed by atoms with Gasteiger partial charge in [-0.1, -0.05) is 33.6 Å². The maximum atomic E-state index is 11.0. The van der Waals surface area contributed by atoms with E-state index in [0.717, 1.165) is 5.92 Å². The molecule has 88 valence electrons. The first-order valence-corrected chi connectivity index (χ1v) is 6.14. The monoisotopic (exact) mass is 211 g/mol. The lowest BCUT2D eigenvalue weighted by atomic mass is 9.76. The summed E-state index contributed by atoms with van der Waals surface area (Å²) in [5, 5.41) is 3.06. The van der Waals surface area contributed by atoms with Crippen molar-refractivity contribution in [2.45, 2.75) is 65.8 Å². The minimum absolute atomic E-state index is 0.122. The van der Waals surface area contributed by atoms with Gasteiger partial charge in [0, 0.05) is 13.0 Å². The summed E-state index contributed by atoms with van der Waals surface area (Å²) in [6, 6.07) is 0.434. The predicted octanol–water partition coefficient (Wildman–Crippen LogP) is 3.12. The highest BCUT2D eigenvalue weighted by molar-refractivity contribution is 5.73. The Balaban J connectivity index is 2.38. The van der Waals surface area contributed by atoms with Crippen LogP contribution in [0.25, 0.3) is 0 Å². The highest BCUT2D eigenvalue weighted by atomic mass is 16.1. The fraction of sp³-hybridized carbons (Fsp3) is 0.923. The highest BCUT2D eigenvalue weighted by Gasteiger charge is 2.25. The van der Waals surface area contributed by atoms with Gasteiger partial charge in [-0.2, -0.15) is 0 Å². The van der Waals surface area contributed by atoms with Gasteiger partial charge in [0.2, 0.25) is 5.91 Å². The van der Waals surface area contributed by atoms with E-state index in [1.165, 1.54) is 32.1 Å². The fourth-order valence-electron chi connectivity index (χ4n) is 2.76. The van der Waals surface area contributed by atoms with Gasteiger partial charge in [0.15, 0.2) is 0 Å². The molecule has 2 atom stereocenters. The molecule has 0 aromatic heterocycles. The van der Waals surface area contributed by atoms with Gasteiger partial charge in [-0.3, -0.25) is 4.79 Å². The van der Waals surface area contributed by atoms with Crippen LogP contribution in [0.15, 0.2) is 0 Å². The smallest absolute Gasteiger partial charge is 0.217 e. The van der Waals surface area contributed by atoms with Gasteiger partial charge >= 0.3 is 0 Å². The molecular weight excluding hydrogens is 186 g/mol. The van der Waals surface area contributed by atoms with Crippen molar-refractivity contribution in [2.75, 3.05) is 0 Å². The van der Waals surface area contributed by atoms with Gasteiger partial charge < -0.3 is 5.32 Å². The van der Waals surface area contributed by atoms with Crippen LogP contribution in [0, 0.1) is 11.3 Å². The first-order valence-electron chi connectivity index (χ1n) is 6.14. The third-order valence-corrected chi connectivity index (χ3v) is 3.09. The predicted molar refractivity (Wildman–Crippen MR) is 63.6 cm³/mol. The van der Waals surface area contributed by atoms with Crippen molar-refractivity contribution in [2.24, 2.45) is 11.3 Å². The molecule has 1 fully saturated rings. The van der Waals surface area contributed by atoms with Gasteiger partial charge in [0.05, 0.1) is 0 Å². The Kier molecular flexibility index (Phi) is 4.18. The van der Waals surface area contributed by atoms with Crippen LogP contribution in [0.4, 0.5) is 0 Å². The number of carbonyl (C=O) groups excluding carboxylic acids is 1. The zero-order valence-corrected chi connectivity index (χ0v) is 10.6. The third-order valence-electron chi connectivity index (χ3n) is 3.09. The standard InChI is InChI=1S/C13H25NO/c1-10(15)14-12-7-5-6-11(8-12)9-13(2,3)4/h11-12H,5-9H2,1-4H3,(H,14,15). The summed E-state index contributed by atoms with van der Waals surface area (Å²) in [6.07, 6.45) is 6.24. The molecule has 2 unspecified atom stereocenters. The first kappa shape index (κ1) is 12.5. The second kappa shape index (κ2) is 5.00. The Morgan fingerprint density at radius 2 is 2.00 bits per heavy atom. The Hall–Kier alpha value is -0.530. The van der Waals surface area contributed by atoms with Crippen molar-refractivity contribution in [3.05, 3.63) is 0 Å². The van der Waals surface area contributed by atoms with Crippen LogP contribution in [-0.2, 0) is 4.79 Å². The Morgan fingerprint density at radius 3 is 2.53 bits per heavy atom. The molecule has 1 N–H and O–H groups in total. The minimum Gasteiger partial charge on any atom is -0.354 e. The molecule has 0 bridgehead atoms. The summed E-state index contributed by atoms with van der Waals surface area (Å²) in [7, 11) is 0. The normalized spacial score (nSPS) is 27.5. The van der Waals surface area contributed by atoms with Crippen molar-refractivity contribution in [1.82, 2.24) is 5.32 Å². The summed E-state index contributed by atoms with van der Waals surface area (Å²) >= 11 is 0. The van der Waals surface area contributed by atoms with Crippen LogP contribution >= 0.6 is 0 Å². The molecule has 1 amide bonds. The first-order chi connectivity index (χ1) is 6.87. The van der Waals surface area contributed by atoms with Crippen molar-refractivity contribution < 1.29 is 4.79 Å². The largest absolute Gasteiger partial charge is 0.354 e. The van der Waals surface area contributed by atoms with E-state index < -0.39 is 0 Å². The van der Waals surface area contributed by atoms with E-state index in [1.807, 2.05) is 0 Å². The molecule has 0 radical (unpaired) electrons. The van der Waals surface area contributed by atoms with E-state index in [0.29, 0.717) is 11.5 Å². The summed E-state index contributed by atoms with van der Waals surface area (Å²) in [6.45, 7) is 8.52. The van der Waals surface area contributed by atoms with E-state index in [1.54, 1.807) is 6.92 Å². The minimum atomic E-state index is 0.122. The maximum Gasteiger partial charge on any atom is 0.217 e. The van der Waals surface area contributed by atoms with Crippen molar-refractivity contribution in [1.29, 1.82) is 0 Å². The van der Waals surface area contributed by atoms with Crippen LogP contribution in [-0.4, -0.2) is 11.9 Å². The second-order valence-electron chi connectivity index (χ2n) is 6.19. The van der Waals surface area contributed by atoms with Gasteiger partial charge in [-0.05, 0) is 30.6 Å². The molecule has 2 nitrogen and oxygen atoms in total. The van der Waals surface area contributed by atoms with Crippen molar-refractivity contribution in [3.63, 3.8) is 0 Å². The molecule has 1 aliphatic rings. The molecule has 0 aromatic carbocycles. The summed E-state index contributed by atoms with van der Waals surface area (Å²) in [4.78, 5) is 11.0. The Labute approximate surface area is 93.8 Å². The zero-order valence-electron chi connectivity index (χ0n) is 10.6. The molecule has 0 heterocycles. The molecule has 0 saturated heterocycles. The van der Waals surface area contributed by atoms with Crippen molar-refractivity contribution in [3.8, 4) is 0 Å². The average Bonchev–Trinajstić information content (AvgIpc) is 1.99. The number of hydrogen-bond donors (Lipinski definition) is 1. The third kappa shape index (κ3) is 5.19. The lowest BCUT2D eigenvalue weighted by Crippen LogP contribution is -2.37. The quantitative estimate of drug-likeness (QED) is 0.747. The highest BCUT2D eigenvalue weighted by Crippen LogP contribution is 2.34. The van der Waals surface area contributed by atoms with E-state index in [2.05, 4.69) is 26.1 Å². The molecule has 1 aliphatic carbocycles. The topological polar surface area (TPSA) is 29.1 Å². The van der Waals surface area contributed by atoms with Gasteiger partial charge in [0.25, 0.3) is 0 Å². The zero-order chi connectivity index (χ0) is 11.5. The molecule has 15 heavy (non-hydrogen) atoms. The maximum absolute atomic E-state index is 11.0. The lowest BCUT2D eigenvalue weighted by molar-refractivity contribution is -0.119. The number of carbonyl (C=O) groups is 1. The molecule has 0 aliphatic heterocycles. The molecule has 0 spiro atoms. The van der Waals surface area contributed by atoms with Crippen LogP contribution < -0.4 is 5.32 Å². The second-order valence-corrected chi connectivity index (χ2v) is 6.19. The summed E-state index contributed by atoms with van der Waals surface area (Å²) in [5.41, 5.74) is 0.419. The van der Waals surface area contributed by atoms with E-state index in [-0.39, 0.29) is 5.91 Å². The van der Waals surface area contributed by atoms with E-state index >= 15 is 0 Å². The molecular formula is C13H25NO. The van der Waals surface area contributed by atoms with Crippen LogP contribution in [0.3, 0.4) is 0 Å². The average molecular weight is 211 g/mol. The van der Waals surface area contributed by atoms with E-state index in [9.17, 15) is 4.79 Å². The molecule has 0 aromatic rings. The van der Waals surface area contributed by atoms with Gasteiger partial charge in [0.1, 0.15) is 0 Å². The van der Waals surface area contributed by atoms with Crippen molar-refractivity contribution >= 4 is 5.91 Å². The molecule has 2 heteroatoms. The van der Waals surface area contributed by atoms with E-state index in [4.69, 9.17) is 0 Å². The number of amides is 1.